The van der Waals surface area contributed by atoms with Crippen LogP contribution in [0.15, 0.2) is 30.3 Å². The first-order valence-electron chi connectivity index (χ1n) is 6.05. The van der Waals surface area contributed by atoms with Crippen molar-refractivity contribution in [1.29, 1.82) is 0 Å². The highest BCUT2D eigenvalue weighted by Gasteiger charge is 2.07. The van der Waals surface area contributed by atoms with Crippen LogP contribution in [0.25, 0.3) is 0 Å². The molecule has 1 aromatic carbocycles. The van der Waals surface area contributed by atoms with Crippen molar-refractivity contribution in [3.63, 3.8) is 0 Å². The van der Waals surface area contributed by atoms with Crippen LogP contribution in [0.2, 0.25) is 0 Å². The highest BCUT2D eigenvalue weighted by atomic mass is 14.8. The topological polar surface area (TPSA) is 12.0 Å². The molecule has 0 aliphatic rings. The number of unbranched alkanes of at least 4 members (excludes halogenated alkanes) is 1. The van der Waals surface area contributed by atoms with Crippen LogP contribution in [0, 0.1) is 5.92 Å². The van der Waals surface area contributed by atoms with Crippen molar-refractivity contribution < 1.29 is 0 Å². The summed E-state index contributed by atoms with van der Waals surface area (Å²) in [4.78, 5) is 0. The molecule has 0 heterocycles. The zero-order valence-electron chi connectivity index (χ0n) is 10.00. The lowest BCUT2D eigenvalue weighted by atomic mass is 9.94. The Balaban J connectivity index is 2.43. The first kappa shape index (κ1) is 12.3. The van der Waals surface area contributed by atoms with Crippen LogP contribution in [0.3, 0.4) is 0 Å². The first-order valence-corrected chi connectivity index (χ1v) is 6.05. The zero-order valence-corrected chi connectivity index (χ0v) is 10.00. The molecular weight excluding hydrogens is 182 g/mol. The highest BCUT2D eigenvalue weighted by Crippen LogP contribution is 2.14. The summed E-state index contributed by atoms with van der Waals surface area (Å²) in [5.74, 6) is 0.789. The van der Waals surface area contributed by atoms with E-state index < -0.39 is 0 Å². The van der Waals surface area contributed by atoms with Crippen LogP contribution in [0.4, 0.5) is 0 Å². The number of hydrogen-bond donors (Lipinski definition) is 1. The van der Waals surface area contributed by atoms with E-state index in [9.17, 15) is 0 Å². The third kappa shape index (κ3) is 4.98. The molecule has 0 bridgehead atoms. The molecule has 0 unspecified atom stereocenters. The normalized spacial score (nSPS) is 12.7. The fraction of sp³-hybridized carbons (Fsp3) is 0.571. The van der Waals surface area contributed by atoms with Crippen molar-refractivity contribution in [3.8, 4) is 0 Å². The number of rotatable bonds is 7. The summed E-state index contributed by atoms with van der Waals surface area (Å²) in [6, 6.07) is 10.8. The minimum absolute atomic E-state index is 0.789. The summed E-state index contributed by atoms with van der Waals surface area (Å²) in [6.45, 7) is 3.40. The van der Waals surface area contributed by atoms with Crippen molar-refractivity contribution in [2.45, 2.75) is 32.6 Å². The molecule has 1 rings (SSSR count). The van der Waals surface area contributed by atoms with Gasteiger partial charge in [0.1, 0.15) is 0 Å². The van der Waals surface area contributed by atoms with Gasteiger partial charge in [0.2, 0.25) is 0 Å². The molecule has 1 aromatic rings. The Hall–Kier alpha value is -0.820. The SMILES string of the molecule is CCCC[C@H](CNC)Cc1ccccc1. The van der Waals surface area contributed by atoms with E-state index in [0.717, 1.165) is 12.5 Å². The molecule has 0 saturated heterocycles. The molecule has 0 aliphatic heterocycles. The second-order valence-corrected chi connectivity index (χ2v) is 4.26. The lowest BCUT2D eigenvalue weighted by Gasteiger charge is -2.16. The van der Waals surface area contributed by atoms with Gasteiger partial charge in [-0.15, -0.1) is 0 Å². The summed E-state index contributed by atoms with van der Waals surface area (Å²) in [6.07, 6.45) is 5.20. The van der Waals surface area contributed by atoms with E-state index in [1.54, 1.807) is 0 Å². The van der Waals surface area contributed by atoms with Gasteiger partial charge in [0, 0.05) is 0 Å². The zero-order chi connectivity index (χ0) is 10.9. The van der Waals surface area contributed by atoms with Crippen LogP contribution in [0.5, 0.6) is 0 Å². The molecule has 0 aromatic heterocycles. The van der Waals surface area contributed by atoms with Crippen molar-refractivity contribution >= 4 is 0 Å². The fourth-order valence-electron chi connectivity index (χ4n) is 2.01. The van der Waals surface area contributed by atoms with E-state index in [1.165, 1.54) is 31.2 Å². The minimum atomic E-state index is 0.789. The average Bonchev–Trinajstić information content (AvgIpc) is 2.28. The van der Waals surface area contributed by atoms with E-state index in [0.29, 0.717) is 0 Å². The van der Waals surface area contributed by atoms with Crippen molar-refractivity contribution in [1.82, 2.24) is 5.32 Å². The largest absolute Gasteiger partial charge is 0.319 e. The standard InChI is InChI=1S/C14H23N/c1-3-4-8-14(12-15-2)11-13-9-6-5-7-10-13/h5-7,9-10,14-15H,3-4,8,11-12H2,1-2H3/t14-/m0/s1. The van der Waals surface area contributed by atoms with Crippen molar-refractivity contribution in [2.75, 3.05) is 13.6 Å². The molecule has 0 radical (unpaired) electrons. The van der Waals surface area contributed by atoms with Gasteiger partial charge in [0.25, 0.3) is 0 Å². The number of nitrogens with one attached hydrogen (secondary N) is 1. The third-order valence-electron chi connectivity index (χ3n) is 2.83. The van der Waals surface area contributed by atoms with E-state index in [2.05, 4.69) is 42.6 Å². The van der Waals surface area contributed by atoms with Gasteiger partial charge in [0.15, 0.2) is 0 Å². The van der Waals surface area contributed by atoms with E-state index >= 15 is 0 Å². The Morgan fingerprint density at radius 2 is 1.93 bits per heavy atom. The molecule has 84 valence electrons. The molecular formula is C14H23N. The molecule has 1 nitrogen and oxygen atoms in total. The molecule has 0 aliphatic carbocycles. The van der Waals surface area contributed by atoms with Crippen LogP contribution in [0.1, 0.15) is 31.7 Å². The maximum atomic E-state index is 3.30. The molecule has 0 fully saturated rings. The van der Waals surface area contributed by atoms with Crippen molar-refractivity contribution in [2.24, 2.45) is 5.92 Å². The lowest BCUT2D eigenvalue weighted by Crippen LogP contribution is -2.20. The summed E-state index contributed by atoms with van der Waals surface area (Å²) < 4.78 is 0. The Bertz CT molecular complexity index is 243. The van der Waals surface area contributed by atoms with Gasteiger partial charge in [-0.1, -0.05) is 50.1 Å². The molecule has 1 N–H and O–H groups in total. The molecule has 15 heavy (non-hydrogen) atoms. The Morgan fingerprint density at radius 3 is 2.53 bits per heavy atom. The van der Waals surface area contributed by atoms with Gasteiger partial charge in [-0.2, -0.15) is 0 Å². The quantitative estimate of drug-likeness (QED) is 0.720. The fourth-order valence-corrected chi connectivity index (χ4v) is 2.01. The number of benzene rings is 1. The van der Waals surface area contributed by atoms with E-state index in [-0.39, 0.29) is 0 Å². The summed E-state index contributed by atoms with van der Waals surface area (Å²) >= 11 is 0. The molecule has 1 heteroatoms. The van der Waals surface area contributed by atoms with Gasteiger partial charge < -0.3 is 5.32 Å². The monoisotopic (exact) mass is 205 g/mol. The van der Waals surface area contributed by atoms with Crippen molar-refractivity contribution in [3.05, 3.63) is 35.9 Å². The molecule has 0 saturated carbocycles. The Labute approximate surface area is 93.9 Å². The Morgan fingerprint density at radius 1 is 1.20 bits per heavy atom. The van der Waals surface area contributed by atoms with Crippen LogP contribution < -0.4 is 5.32 Å². The van der Waals surface area contributed by atoms with Gasteiger partial charge >= 0.3 is 0 Å². The molecule has 1 atom stereocenters. The summed E-state index contributed by atoms with van der Waals surface area (Å²) in [5.41, 5.74) is 1.47. The second kappa shape index (κ2) is 7.47. The maximum Gasteiger partial charge on any atom is -0.00203 e. The van der Waals surface area contributed by atoms with Crippen LogP contribution >= 0.6 is 0 Å². The third-order valence-corrected chi connectivity index (χ3v) is 2.83. The summed E-state index contributed by atoms with van der Waals surface area (Å²) in [5, 5.41) is 3.30. The predicted molar refractivity (Wildman–Crippen MR) is 67.1 cm³/mol. The van der Waals surface area contributed by atoms with Gasteiger partial charge in [0.05, 0.1) is 0 Å². The van der Waals surface area contributed by atoms with Crippen LogP contribution in [-0.4, -0.2) is 13.6 Å². The second-order valence-electron chi connectivity index (χ2n) is 4.26. The molecule has 0 spiro atoms. The van der Waals surface area contributed by atoms with E-state index in [4.69, 9.17) is 0 Å². The smallest absolute Gasteiger partial charge is 0.00203 e. The maximum absolute atomic E-state index is 3.30. The van der Waals surface area contributed by atoms with Gasteiger partial charge in [-0.3, -0.25) is 0 Å². The molecule has 0 amide bonds. The summed E-state index contributed by atoms with van der Waals surface area (Å²) in [7, 11) is 2.05. The number of hydrogen-bond acceptors (Lipinski definition) is 1. The predicted octanol–water partition coefficient (Wildman–Crippen LogP) is 3.25. The highest BCUT2D eigenvalue weighted by molar-refractivity contribution is 5.15. The Kier molecular flexibility index (Phi) is 6.10. The van der Waals surface area contributed by atoms with Gasteiger partial charge in [-0.25, -0.2) is 0 Å². The minimum Gasteiger partial charge on any atom is -0.319 e. The lowest BCUT2D eigenvalue weighted by molar-refractivity contribution is 0.444. The van der Waals surface area contributed by atoms with E-state index in [1.807, 2.05) is 7.05 Å². The average molecular weight is 205 g/mol. The first-order chi connectivity index (χ1) is 7.36. The van der Waals surface area contributed by atoms with Crippen LogP contribution in [-0.2, 0) is 6.42 Å². The van der Waals surface area contributed by atoms with Gasteiger partial charge in [-0.05, 0) is 37.9 Å².